The molecule has 0 heterocycles. The second-order valence-electron chi connectivity index (χ2n) is 2.56. The first-order valence-electron chi connectivity index (χ1n) is 4.07. The van der Waals surface area contributed by atoms with Crippen LogP contribution in [-0.2, 0) is 23.7 Å². The average Bonchev–Trinajstić information content (AvgIpc) is 2.15. The largest absolute Gasteiger partial charge is 0.639 e. The maximum atomic E-state index is 10.9. The van der Waals surface area contributed by atoms with E-state index in [0.717, 1.165) is 19.1 Å². The van der Waals surface area contributed by atoms with Gasteiger partial charge in [-0.05, 0) is 0 Å². The third kappa shape index (κ3) is 5.30. The van der Waals surface area contributed by atoms with E-state index in [1.54, 1.807) is 0 Å². The van der Waals surface area contributed by atoms with Crippen molar-refractivity contribution >= 4 is 19.3 Å². The molecule has 0 saturated heterocycles. The third-order valence-electron chi connectivity index (χ3n) is 1.22. The highest BCUT2D eigenvalue weighted by atomic mass is 16.9. The maximum absolute atomic E-state index is 10.9. The Morgan fingerprint density at radius 1 is 1.19 bits per heavy atom. The Morgan fingerprint density at radius 3 is 1.81 bits per heavy atom. The van der Waals surface area contributed by atoms with Gasteiger partial charge in [0.1, 0.15) is 0 Å². The van der Waals surface area contributed by atoms with Crippen molar-refractivity contribution < 1.29 is 33.8 Å². The van der Waals surface area contributed by atoms with Crippen molar-refractivity contribution in [2.75, 3.05) is 0 Å². The Kier molecular flexibility index (Phi) is 5.44. The molecule has 0 spiro atoms. The van der Waals surface area contributed by atoms with Crippen LogP contribution in [0.15, 0.2) is 25.3 Å². The van der Waals surface area contributed by atoms with Gasteiger partial charge in [-0.15, -0.1) is 0 Å². The van der Waals surface area contributed by atoms with Crippen LogP contribution in [0.3, 0.4) is 0 Å². The number of hydrogen-bond acceptors (Lipinski definition) is 7. The van der Waals surface area contributed by atoms with Crippen molar-refractivity contribution in [1.29, 1.82) is 0 Å². The molecule has 0 aromatic heterocycles. The molecule has 0 aromatic rings. The molecule has 0 unspecified atom stereocenters. The molecular weight excluding hydrogens is 219 g/mol. The lowest BCUT2D eigenvalue weighted by molar-refractivity contribution is -0.304. The summed E-state index contributed by atoms with van der Waals surface area (Å²) in [6, 6.07) is 0. The van der Waals surface area contributed by atoms with Crippen molar-refractivity contribution in [2.24, 2.45) is 0 Å². The molecule has 0 atom stereocenters. The Labute approximate surface area is 92.1 Å². The number of rotatable bonds is 6. The number of carbonyl (C=O) groups is 2. The van der Waals surface area contributed by atoms with Crippen LogP contribution in [0.5, 0.6) is 0 Å². The topological polar surface area (TPSA) is 102 Å². The molecule has 0 saturated carbocycles. The van der Waals surface area contributed by atoms with Gasteiger partial charge < -0.3 is 24.2 Å². The standard InChI is InChI=1S/C8H11BO7/c1-4-6(10)14-8(3,16-9(12)13)15-7(11)5-2/h4-5,12-13H,1-2H2,3H3. The summed E-state index contributed by atoms with van der Waals surface area (Å²) in [6.45, 7) is 7.21. The van der Waals surface area contributed by atoms with Gasteiger partial charge in [0, 0.05) is 19.1 Å². The molecule has 0 aliphatic heterocycles. The molecule has 8 heteroatoms. The summed E-state index contributed by atoms with van der Waals surface area (Å²) >= 11 is 0. The first-order valence-corrected chi connectivity index (χ1v) is 4.07. The highest BCUT2D eigenvalue weighted by Crippen LogP contribution is 2.16. The summed E-state index contributed by atoms with van der Waals surface area (Å²) in [5.74, 6) is -4.22. The number of ether oxygens (including phenoxy) is 2. The molecule has 2 N–H and O–H groups in total. The minimum atomic E-state index is -2.29. The Hall–Kier alpha value is -1.64. The van der Waals surface area contributed by atoms with Crippen LogP contribution in [0.2, 0.25) is 0 Å². The van der Waals surface area contributed by atoms with Gasteiger partial charge in [0.05, 0.1) is 0 Å². The molecule has 0 aliphatic rings. The van der Waals surface area contributed by atoms with Crippen LogP contribution in [-0.4, -0.2) is 35.3 Å². The monoisotopic (exact) mass is 230 g/mol. The van der Waals surface area contributed by atoms with E-state index in [-0.39, 0.29) is 0 Å². The second kappa shape index (κ2) is 6.06. The van der Waals surface area contributed by atoms with E-state index >= 15 is 0 Å². The van der Waals surface area contributed by atoms with Gasteiger partial charge in [-0.3, -0.25) is 0 Å². The predicted molar refractivity (Wildman–Crippen MR) is 52.3 cm³/mol. The van der Waals surface area contributed by atoms with Gasteiger partial charge in [0.25, 0.3) is 0 Å². The molecule has 88 valence electrons. The smallest absolute Gasteiger partial charge is 0.402 e. The summed E-state index contributed by atoms with van der Waals surface area (Å²) in [5.41, 5.74) is 0. The molecule has 0 aromatic carbocycles. The van der Waals surface area contributed by atoms with Crippen molar-refractivity contribution in [1.82, 2.24) is 0 Å². The van der Waals surface area contributed by atoms with Crippen LogP contribution in [0.25, 0.3) is 0 Å². The van der Waals surface area contributed by atoms with Crippen molar-refractivity contribution in [2.45, 2.75) is 12.9 Å². The van der Waals surface area contributed by atoms with Crippen molar-refractivity contribution in [3.05, 3.63) is 25.3 Å². The van der Waals surface area contributed by atoms with Gasteiger partial charge in [0.2, 0.25) is 0 Å². The summed E-state index contributed by atoms with van der Waals surface area (Å²) in [6.07, 6.45) is 1.57. The summed E-state index contributed by atoms with van der Waals surface area (Å²) in [4.78, 5) is 21.8. The van der Waals surface area contributed by atoms with Crippen molar-refractivity contribution in [3.8, 4) is 0 Å². The lowest BCUT2D eigenvalue weighted by Crippen LogP contribution is -2.44. The van der Waals surface area contributed by atoms with E-state index in [4.69, 9.17) is 10.0 Å². The van der Waals surface area contributed by atoms with Gasteiger partial charge in [-0.25, -0.2) is 9.59 Å². The van der Waals surface area contributed by atoms with Gasteiger partial charge in [-0.1, -0.05) is 13.2 Å². The average molecular weight is 230 g/mol. The van der Waals surface area contributed by atoms with E-state index in [1.165, 1.54) is 0 Å². The molecule has 7 nitrogen and oxygen atoms in total. The zero-order valence-corrected chi connectivity index (χ0v) is 8.58. The number of esters is 2. The number of hydrogen-bond donors (Lipinski definition) is 2. The SMILES string of the molecule is C=CC(=O)OC(C)(OB(O)O)OC(=O)C=C. The van der Waals surface area contributed by atoms with Crippen LogP contribution in [0.4, 0.5) is 0 Å². The highest BCUT2D eigenvalue weighted by Gasteiger charge is 2.37. The minimum absolute atomic E-state index is 0.785. The summed E-state index contributed by atoms with van der Waals surface area (Å²) in [5, 5.41) is 17.1. The maximum Gasteiger partial charge on any atom is 0.639 e. The fraction of sp³-hybridized carbons (Fsp3) is 0.250. The van der Waals surface area contributed by atoms with Crippen LogP contribution < -0.4 is 0 Å². The summed E-state index contributed by atoms with van der Waals surface area (Å²) < 4.78 is 13.3. The normalized spacial score (nSPS) is 10.2. The zero-order chi connectivity index (χ0) is 12.8. The van der Waals surface area contributed by atoms with E-state index in [1.807, 2.05) is 0 Å². The lowest BCUT2D eigenvalue weighted by atomic mass is 10.2. The quantitative estimate of drug-likeness (QED) is 0.264. The lowest BCUT2D eigenvalue weighted by Gasteiger charge is -2.27. The summed E-state index contributed by atoms with van der Waals surface area (Å²) in [7, 11) is -2.29. The second-order valence-corrected chi connectivity index (χ2v) is 2.56. The molecular formula is C8H11BO7. The molecule has 0 radical (unpaired) electrons. The molecule has 0 rings (SSSR count). The van der Waals surface area contributed by atoms with Crippen LogP contribution in [0.1, 0.15) is 6.92 Å². The van der Waals surface area contributed by atoms with Crippen LogP contribution >= 0.6 is 0 Å². The van der Waals surface area contributed by atoms with E-state index in [9.17, 15) is 9.59 Å². The Balaban J connectivity index is 4.72. The first kappa shape index (κ1) is 14.4. The Morgan fingerprint density at radius 2 is 1.56 bits per heavy atom. The minimum Gasteiger partial charge on any atom is -0.402 e. The molecule has 0 fully saturated rings. The fourth-order valence-corrected chi connectivity index (χ4v) is 0.709. The van der Waals surface area contributed by atoms with Gasteiger partial charge >= 0.3 is 25.2 Å². The zero-order valence-electron chi connectivity index (χ0n) is 8.58. The van der Waals surface area contributed by atoms with Crippen LogP contribution in [0, 0.1) is 0 Å². The Bertz CT molecular complexity index is 277. The molecule has 16 heavy (non-hydrogen) atoms. The third-order valence-corrected chi connectivity index (χ3v) is 1.22. The highest BCUT2D eigenvalue weighted by molar-refractivity contribution is 6.32. The van der Waals surface area contributed by atoms with Gasteiger partial charge in [0.15, 0.2) is 0 Å². The van der Waals surface area contributed by atoms with E-state index < -0.39 is 25.2 Å². The van der Waals surface area contributed by atoms with Crippen molar-refractivity contribution in [3.63, 3.8) is 0 Å². The fourth-order valence-electron chi connectivity index (χ4n) is 0.709. The van der Waals surface area contributed by atoms with E-state index in [2.05, 4.69) is 27.3 Å². The molecule has 0 bridgehead atoms. The van der Waals surface area contributed by atoms with E-state index in [0.29, 0.717) is 0 Å². The van der Waals surface area contributed by atoms with Gasteiger partial charge in [-0.2, -0.15) is 0 Å². The number of carbonyl (C=O) groups excluding carboxylic acids is 2. The molecule has 0 aliphatic carbocycles. The predicted octanol–water partition coefficient (Wildman–Crippen LogP) is -0.895. The molecule has 0 amide bonds. The first-order chi connectivity index (χ1) is 7.33.